The monoisotopic (exact) mass is 180 g/mol. The van der Waals surface area contributed by atoms with Gasteiger partial charge in [0, 0.05) is 12.7 Å². The molecule has 0 aromatic carbocycles. The average Bonchev–Trinajstić information content (AvgIpc) is 2.48. The fourth-order valence-corrected chi connectivity index (χ4v) is 1.62. The molecule has 0 spiro atoms. The maximum absolute atomic E-state index is 12.5. The van der Waals surface area contributed by atoms with E-state index < -0.39 is 6.16 Å². The summed E-state index contributed by atoms with van der Waals surface area (Å²) in [6, 6.07) is 1.87. The fraction of sp³-hybridized carbons (Fsp3) is 0.333. The predicted octanol–water partition coefficient (Wildman–Crippen LogP) is 1.84. The normalized spacial score (nSPS) is 14.5. The third-order valence-electron chi connectivity index (χ3n) is 2.32. The van der Waals surface area contributed by atoms with E-state index in [4.69, 9.17) is 0 Å². The van der Waals surface area contributed by atoms with Gasteiger partial charge in [-0.05, 0) is 30.5 Å². The van der Waals surface area contributed by atoms with E-state index in [0.29, 0.717) is 18.8 Å². The minimum atomic E-state index is -1.42. The standard InChI is InChI=1S/C9H9FN2O/c1-6-2-4-11-8-7(6)3-5-12(8)9(10)13/h2,4H,3,5H2,1H3. The number of pyridine rings is 1. The first-order valence-electron chi connectivity index (χ1n) is 4.11. The van der Waals surface area contributed by atoms with Gasteiger partial charge in [0.15, 0.2) is 0 Å². The number of nitrogens with zero attached hydrogens (tertiary/aromatic N) is 2. The first-order valence-corrected chi connectivity index (χ1v) is 4.11. The van der Waals surface area contributed by atoms with Crippen molar-refractivity contribution in [2.24, 2.45) is 0 Å². The molecule has 0 atom stereocenters. The molecule has 0 saturated heterocycles. The lowest BCUT2D eigenvalue weighted by molar-refractivity contribution is 0.228. The highest BCUT2D eigenvalue weighted by Gasteiger charge is 2.26. The van der Waals surface area contributed by atoms with Gasteiger partial charge < -0.3 is 0 Å². The number of anilines is 1. The molecule has 0 radical (unpaired) electrons. The Morgan fingerprint density at radius 3 is 3.15 bits per heavy atom. The van der Waals surface area contributed by atoms with Crippen LogP contribution in [0.4, 0.5) is 15.0 Å². The molecule has 13 heavy (non-hydrogen) atoms. The molecular formula is C9H9FN2O. The van der Waals surface area contributed by atoms with Crippen molar-refractivity contribution >= 4 is 12.0 Å². The van der Waals surface area contributed by atoms with Crippen LogP contribution in [-0.2, 0) is 6.42 Å². The van der Waals surface area contributed by atoms with Gasteiger partial charge in [0.1, 0.15) is 5.82 Å². The van der Waals surface area contributed by atoms with Crippen LogP contribution in [0.1, 0.15) is 11.1 Å². The van der Waals surface area contributed by atoms with Gasteiger partial charge >= 0.3 is 6.16 Å². The van der Waals surface area contributed by atoms with Gasteiger partial charge in [0.25, 0.3) is 0 Å². The second-order valence-electron chi connectivity index (χ2n) is 3.08. The third kappa shape index (κ3) is 1.18. The van der Waals surface area contributed by atoms with E-state index in [1.54, 1.807) is 6.20 Å². The molecule has 0 aliphatic carbocycles. The van der Waals surface area contributed by atoms with E-state index in [1.165, 1.54) is 0 Å². The van der Waals surface area contributed by atoms with E-state index in [1.807, 2.05) is 13.0 Å². The lowest BCUT2D eigenvalue weighted by Crippen LogP contribution is -2.24. The van der Waals surface area contributed by atoms with Crippen molar-refractivity contribution in [1.82, 2.24) is 4.98 Å². The number of rotatable bonds is 0. The van der Waals surface area contributed by atoms with Gasteiger partial charge in [-0.25, -0.2) is 9.78 Å². The van der Waals surface area contributed by atoms with Gasteiger partial charge in [0.2, 0.25) is 0 Å². The zero-order valence-corrected chi connectivity index (χ0v) is 7.25. The molecule has 0 unspecified atom stereocenters. The number of aryl methyl sites for hydroxylation is 1. The fourth-order valence-electron chi connectivity index (χ4n) is 1.62. The molecule has 1 amide bonds. The van der Waals surface area contributed by atoms with Crippen molar-refractivity contribution < 1.29 is 9.18 Å². The zero-order valence-electron chi connectivity index (χ0n) is 7.25. The largest absolute Gasteiger partial charge is 0.405 e. The average molecular weight is 180 g/mol. The number of hydrogen-bond acceptors (Lipinski definition) is 2. The molecule has 1 aromatic heterocycles. The minimum Gasteiger partial charge on any atom is -0.268 e. The molecular weight excluding hydrogens is 171 g/mol. The number of amides is 1. The Morgan fingerprint density at radius 1 is 1.69 bits per heavy atom. The summed E-state index contributed by atoms with van der Waals surface area (Å²) in [6.45, 7) is 2.34. The van der Waals surface area contributed by atoms with Gasteiger partial charge in [-0.3, -0.25) is 4.90 Å². The molecule has 1 aliphatic heterocycles. The summed E-state index contributed by atoms with van der Waals surface area (Å²) >= 11 is 0. The predicted molar refractivity (Wildman–Crippen MR) is 46.5 cm³/mol. The first-order chi connectivity index (χ1) is 6.20. The summed E-state index contributed by atoms with van der Waals surface area (Å²) in [5, 5.41) is 0. The van der Waals surface area contributed by atoms with E-state index in [2.05, 4.69) is 4.98 Å². The highest BCUT2D eigenvalue weighted by molar-refractivity contribution is 5.88. The Morgan fingerprint density at radius 2 is 2.46 bits per heavy atom. The van der Waals surface area contributed by atoms with Crippen molar-refractivity contribution in [3.63, 3.8) is 0 Å². The number of halogens is 1. The second kappa shape index (κ2) is 2.80. The molecule has 2 rings (SSSR count). The molecule has 68 valence electrons. The molecule has 1 aromatic rings. The van der Waals surface area contributed by atoms with Gasteiger partial charge in [-0.15, -0.1) is 4.39 Å². The Bertz CT molecular complexity index is 365. The summed E-state index contributed by atoms with van der Waals surface area (Å²) in [7, 11) is 0. The maximum atomic E-state index is 12.5. The lowest BCUT2D eigenvalue weighted by Gasteiger charge is -2.10. The third-order valence-corrected chi connectivity index (χ3v) is 2.32. The number of hydrogen-bond donors (Lipinski definition) is 0. The van der Waals surface area contributed by atoms with Crippen LogP contribution in [0.25, 0.3) is 0 Å². The van der Waals surface area contributed by atoms with Crippen LogP contribution in [0.5, 0.6) is 0 Å². The second-order valence-corrected chi connectivity index (χ2v) is 3.08. The number of carbonyl (C=O) groups excluding carboxylic acids is 1. The van der Waals surface area contributed by atoms with Crippen LogP contribution in [0.15, 0.2) is 12.3 Å². The maximum Gasteiger partial charge on any atom is 0.405 e. The quantitative estimate of drug-likeness (QED) is 0.451. The molecule has 0 bridgehead atoms. The Kier molecular flexibility index (Phi) is 1.76. The topological polar surface area (TPSA) is 33.2 Å². The van der Waals surface area contributed by atoms with Gasteiger partial charge in [-0.1, -0.05) is 0 Å². The van der Waals surface area contributed by atoms with E-state index in [9.17, 15) is 9.18 Å². The van der Waals surface area contributed by atoms with Crippen LogP contribution >= 0.6 is 0 Å². The van der Waals surface area contributed by atoms with Crippen LogP contribution in [0.2, 0.25) is 0 Å². The summed E-state index contributed by atoms with van der Waals surface area (Å²) in [5.41, 5.74) is 2.04. The van der Waals surface area contributed by atoms with E-state index in [0.717, 1.165) is 16.0 Å². The molecule has 3 nitrogen and oxygen atoms in total. The van der Waals surface area contributed by atoms with Gasteiger partial charge in [-0.2, -0.15) is 0 Å². The minimum absolute atomic E-state index is 0.405. The van der Waals surface area contributed by atoms with Crippen LogP contribution in [0, 0.1) is 6.92 Å². The lowest BCUT2D eigenvalue weighted by atomic mass is 10.1. The molecule has 0 N–H and O–H groups in total. The summed E-state index contributed by atoms with van der Waals surface area (Å²) in [4.78, 5) is 15.6. The highest BCUT2D eigenvalue weighted by atomic mass is 19.1. The van der Waals surface area contributed by atoms with Crippen molar-refractivity contribution in [2.45, 2.75) is 13.3 Å². The Balaban J connectivity index is 2.49. The van der Waals surface area contributed by atoms with Gasteiger partial charge in [0.05, 0.1) is 0 Å². The number of fused-ring (bicyclic) bond motifs is 1. The van der Waals surface area contributed by atoms with Crippen LogP contribution in [0.3, 0.4) is 0 Å². The molecule has 4 heteroatoms. The molecule has 2 heterocycles. The number of carbonyl (C=O) groups is 1. The van der Waals surface area contributed by atoms with Crippen molar-refractivity contribution in [1.29, 1.82) is 0 Å². The molecule has 1 aliphatic rings. The van der Waals surface area contributed by atoms with Crippen LogP contribution in [-0.4, -0.2) is 17.7 Å². The highest BCUT2D eigenvalue weighted by Crippen LogP contribution is 2.28. The zero-order chi connectivity index (χ0) is 9.42. The summed E-state index contributed by atoms with van der Waals surface area (Å²) < 4.78 is 12.5. The first kappa shape index (κ1) is 8.16. The van der Waals surface area contributed by atoms with Crippen molar-refractivity contribution in [2.75, 3.05) is 11.4 Å². The van der Waals surface area contributed by atoms with Crippen LogP contribution < -0.4 is 4.90 Å². The Hall–Kier alpha value is -1.45. The Labute approximate surface area is 75.2 Å². The molecule has 0 fully saturated rings. The van der Waals surface area contributed by atoms with Crippen molar-refractivity contribution in [3.8, 4) is 0 Å². The number of aromatic nitrogens is 1. The molecule has 0 saturated carbocycles. The van der Waals surface area contributed by atoms with E-state index >= 15 is 0 Å². The summed E-state index contributed by atoms with van der Waals surface area (Å²) in [6.07, 6.45) is 0.872. The van der Waals surface area contributed by atoms with E-state index in [-0.39, 0.29) is 0 Å². The summed E-state index contributed by atoms with van der Waals surface area (Å²) in [5.74, 6) is 0.479. The SMILES string of the molecule is Cc1ccnc2c1CCN2C(=O)F. The smallest absolute Gasteiger partial charge is 0.268 e. The van der Waals surface area contributed by atoms with Crippen molar-refractivity contribution in [3.05, 3.63) is 23.4 Å².